The van der Waals surface area contributed by atoms with Gasteiger partial charge in [-0.15, -0.1) is 0 Å². The summed E-state index contributed by atoms with van der Waals surface area (Å²) in [6, 6.07) is -0.144. The molecule has 226 valence electrons. The van der Waals surface area contributed by atoms with E-state index in [-0.39, 0.29) is 34.6 Å². The van der Waals surface area contributed by atoms with Crippen molar-refractivity contribution < 1.29 is 0 Å². The lowest BCUT2D eigenvalue weighted by molar-refractivity contribution is 0.333. The van der Waals surface area contributed by atoms with Gasteiger partial charge in [0, 0.05) is 100 Å². The molecule has 0 aliphatic carbocycles. The van der Waals surface area contributed by atoms with Gasteiger partial charge in [0.05, 0.1) is 0 Å². The number of hydrogen-bond donors (Lipinski definition) is 15. The van der Waals surface area contributed by atoms with E-state index >= 15 is 0 Å². The van der Waals surface area contributed by atoms with Crippen LogP contribution < -0.4 is 86.0 Å². The predicted molar refractivity (Wildman–Crippen MR) is 158 cm³/mol. The van der Waals surface area contributed by atoms with Crippen molar-refractivity contribution in [2.24, 2.45) is 91.4 Å². The fourth-order valence-corrected chi connectivity index (χ4v) is 1.22. The lowest BCUT2D eigenvalue weighted by Gasteiger charge is -2.26. The molecule has 3 atom stereocenters. The van der Waals surface area contributed by atoms with Gasteiger partial charge in [0.25, 0.3) is 0 Å². The van der Waals surface area contributed by atoms with Gasteiger partial charge in [0.1, 0.15) is 0 Å². The van der Waals surface area contributed by atoms with E-state index in [1.54, 1.807) is 0 Å². The molecule has 0 spiro atoms. The molecular formula is C21H67N15. The van der Waals surface area contributed by atoms with E-state index in [1.807, 2.05) is 27.7 Å². The maximum Gasteiger partial charge on any atom is 0.0400 e. The van der Waals surface area contributed by atoms with Gasteiger partial charge in [-0.25, -0.2) is 0 Å². The molecule has 0 bridgehead atoms. The Kier molecular flexibility index (Phi) is 34.5. The average molecular weight is 530 g/mol. The van der Waals surface area contributed by atoms with Gasteiger partial charge < -0.3 is 86.0 Å². The fourth-order valence-electron chi connectivity index (χ4n) is 1.22. The summed E-state index contributed by atoms with van der Waals surface area (Å²) >= 11 is 0. The normalized spacial score (nSPS) is 13.8. The average Bonchev–Trinajstić information content (AvgIpc) is 2.89. The van der Waals surface area contributed by atoms with E-state index in [2.05, 4.69) is 0 Å². The maximum atomic E-state index is 5.65. The molecule has 0 fully saturated rings. The lowest BCUT2D eigenvalue weighted by Crippen LogP contribution is -2.52. The van der Waals surface area contributed by atoms with E-state index in [0.29, 0.717) is 65.4 Å². The van der Waals surface area contributed by atoms with Gasteiger partial charge in [-0.3, -0.25) is 0 Å². The monoisotopic (exact) mass is 530 g/mol. The van der Waals surface area contributed by atoms with Crippen LogP contribution in [0.25, 0.3) is 0 Å². The highest BCUT2D eigenvalue weighted by atomic mass is 14.9. The summed E-state index contributed by atoms with van der Waals surface area (Å²) < 4.78 is 0. The summed E-state index contributed by atoms with van der Waals surface area (Å²) in [5, 5.41) is 0. The van der Waals surface area contributed by atoms with E-state index in [1.165, 1.54) is 0 Å². The van der Waals surface area contributed by atoms with Crippen LogP contribution >= 0.6 is 0 Å². The number of rotatable bonds is 12. The Morgan fingerprint density at radius 3 is 0.806 bits per heavy atom. The second kappa shape index (κ2) is 27.4. The van der Waals surface area contributed by atoms with Gasteiger partial charge in [-0.05, 0) is 27.2 Å². The zero-order chi connectivity index (χ0) is 30.0. The lowest BCUT2D eigenvalue weighted by atomic mass is 9.89. The smallest absolute Gasteiger partial charge is 0.0400 e. The molecule has 0 aromatic heterocycles. The highest BCUT2D eigenvalue weighted by Gasteiger charge is 2.22. The van der Waals surface area contributed by atoms with Gasteiger partial charge in [0.15, 0.2) is 0 Å². The van der Waals surface area contributed by atoms with Crippen molar-refractivity contribution in [3.05, 3.63) is 0 Å². The molecule has 0 rings (SSSR count). The van der Waals surface area contributed by atoms with Crippen molar-refractivity contribution in [3.63, 3.8) is 0 Å². The molecule has 30 N–H and O–H groups in total. The van der Waals surface area contributed by atoms with Gasteiger partial charge >= 0.3 is 0 Å². The summed E-state index contributed by atoms with van der Waals surface area (Å²) in [5.74, 6) is 0. The minimum absolute atomic E-state index is 0.153. The summed E-state index contributed by atoms with van der Waals surface area (Å²) in [7, 11) is 0. The largest absolute Gasteiger partial charge is 0.330 e. The van der Waals surface area contributed by atoms with Crippen molar-refractivity contribution in [3.8, 4) is 0 Å². The molecule has 0 saturated carbocycles. The quantitative estimate of drug-likeness (QED) is 0.111. The Labute approximate surface area is 220 Å². The predicted octanol–water partition coefficient (Wildman–Crippen LogP) is -6.65. The third kappa shape index (κ3) is 31.4. The van der Waals surface area contributed by atoms with Crippen LogP contribution in [0.5, 0.6) is 0 Å². The Bertz CT molecular complexity index is 377. The van der Waals surface area contributed by atoms with Crippen molar-refractivity contribution in [1.29, 1.82) is 0 Å². The van der Waals surface area contributed by atoms with Crippen LogP contribution in [0.15, 0.2) is 0 Å². The molecule has 0 saturated heterocycles. The standard InChI is InChI=1S/C5H16N4.C5H15N3.C4H14N4.C4H12N2.C3H10N2/c6-1-5(2-7,3-8)4-9;1-2-5(8,3-6)4-7;5-1-3(7)4(8)2-6;1-4(2,6)3-5;1-3(5)2-4/h1-4,6-9H2;2-4,6-8H2,1H3;3-4H,1-2,5-8H2;3,5-6H2,1-2H3;3H,2,4-5H2,1H3. The van der Waals surface area contributed by atoms with Crippen LogP contribution in [0.1, 0.15) is 34.1 Å². The molecule has 0 aliphatic rings. The second-order valence-corrected chi connectivity index (χ2v) is 9.65. The Morgan fingerprint density at radius 2 is 0.778 bits per heavy atom. The number of hydrogen-bond acceptors (Lipinski definition) is 15. The molecule has 3 unspecified atom stereocenters. The summed E-state index contributed by atoms with van der Waals surface area (Å²) in [4.78, 5) is 0. The van der Waals surface area contributed by atoms with Crippen molar-refractivity contribution in [1.82, 2.24) is 0 Å². The first kappa shape index (κ1) is 45.3. The zero-order valence-corrected chi connectivity index (χ0v) is 23.7. The molecule has 15 nitrogen and oxygen atoms in total. The highest BCUT2D eigenvalue weighted by molar-refractivity contribution is 4.84. The summed E-state index contributed by atoms with van der Waals surface area (Å²) in [6.45, 7) is 12.4. The molecular weight excluding hydrogens is 462 g/mol. The Hall–Kier alpha value is -0.600. The van der Waals surface area contributed by atoms with Gasteiger partial charge in [-0.2, -0.15) is 0 Å². The Balaban J connectivity index is -0.000000113. The maximum absolute atomic E-state index is 5.65. The van der Waals surface area contributed by atoms with Gasteiger partial charge in [0.2, 0.25) is 0 Å². The van der Waals surface area contributed by atoms with Crippen LogP contribution in [-0.4, -0.2) is 94.7 Å². The van der Waals surface area contributed by atoms with Crippen molar-refractivity contribution in [2.75, 3.05) is 65.4 Å². The summed E-state index contributed by atoms with van der Waals surface area (Å²) in [6.07, 6.45) is 0.847. The topological polar surface area (TPSA) is 390 Å². The van der Waals surface area contributed by atoms with Crippen LogP contribution in [0.3, 0.4) is 0 Å². The zero-order valence-electron chi connectivity index (χ0n) is 23.7. The van der Waals surface area contributed by atoms with E-state index in [9.17, 15) is 0 Å². The fraction of sp³-hybridized carbons (Fsp3) is 1.00. The van der Waals surface area contributed by atoms with E-state index in [0.717, 1.165) is 6.42 Å². The molecule has 0 radical (unpaired) electrons. The Morgan fingerprint density at radius 1 is 0.528 bits per heavy atom. The molecule has 0 aromatic rings. The SMILES string of the molecule is CC(C)(N)CN.CC(N)CN.CCC(N)(CN)CN.NCC(CN)(CN)CN.NCC(N)C(N)CN. The number of nitrogens with two attached hydrogens (primary N) is 15. The summed E-state index contributed by atoms with van der Waals surface area (Å²) in [5.41, 5.74) is 79.1. The van der Waals surface area contributed by atoms with Gasteiger partial charge in [-0.1, -0.05) is 6.92 Å². The van der Waals surface area contributed by atoms with Crippen molar-refractivity contribution in [2.45, 2.75) is 63.3 Å². The molecule has 36 heavy (non-hydrogen) atoms. The first-order valence-corrected chi connectivity index (χ1v) is 12.3. The first-order valence-electron chi connectivity index (χ1n) is 12.3. The minimum Gasteiger partial charge on any atom is -0.330 e. The molecule has 0 aromatic carbocycles. The first-order chi connectivity index (χ1) is 16.5. The molecule has 0 aliphatic heterocycles. The third-order valence-corrected chi connectivity index (χ3v) is 5.24. The third-order valence-electron chi connectivity index (χ3n) is 5.24. The van der Waals surface area contributed by atoms with E-state index in [4.69, 9.17) is 86.0 Å². The second-order valence-electron chi connectivity index (χ2n) is 9.65. The highest BCUT2D eigenvalue weighted by Crippen LogP contribution is 2.07. The minimum atomic E-state index is -0.319. The van der Waals surface area contributed by atoms with Crippen LogP contribution in [-0.2, 0) is 0 Å². The molecule has 0 heterocycles. The molecule has 0 amide bonds. The van der Waals surface area contributed by atoms with E-state index < -0.39 is 0 Å². The molecule has 15 heteroatoms. The van der Waals surface area contributed by atoms with Crippen LogP contribution in [0.4, 0.5) is 0 Å². The van der Waals surface area contributed by atoms with Crippen molar-refractivity contribution >= 4 is 0 Å². The van der Waals surface area contributed by atoms with Crippen LogP contribution in [0, 0.1) is 5.41 Å². The van der Waals surface area contributed by atoms with Crippen LogP contribution in [0.2, 0.25) is 0 Å².